The van der Waals surface area contributed by atoms with Crippen LogP contribution in [0.15, 0.2) is 18.2 Å². The van der Waals surface area contributed by atoms with Crippen molar-refractivity contribution >= 4 is 28.4 Å². The molecule has 1 aliphatic rings. The number of halogens is 7. The second-order valence-corrected chi connectivity index (χ2v) is 6.79. The van der Waals surface area contributed by atoms with Crippen LogP contribution in [-0.2, 0) is 6.18 Å². The fraction of sp³-hybridized carbons (Fsp3) is 0.474. The van der Waals surface area contributed by atoms with Crippen molar-refractivity contribution in [1.82, 2.24) is 15.6 Å². The van der Waals surface area contributed by atoms with E-state index < -0.39 is 47.4 Å². The Morgan fingerprint density at radius 1 is 1.29 bits per heavy atom. The number of rotatable bonds is 5. The summed E-state index contributed by atoms with van der Waals surface area (Å²) in [7, 11) is 0. The number of benzene rings is 1. The van der Waals surface area contributed by atoms with E-state index in [-0.39, 0.29) is 50.8 Å². The Kier molecular flexibility index (Phi) is 8.95. The van der Waals surface area contributed by atoms with Crippen LogP contribution in [0.5, 0.6) is 5.75 Å². The van der Waals surface area contributed by atoms with Gasteiger partial charge in [0.1, 0.15) is 17.6 Å². The Balaban J connectivity index is 0.00000240. The van der Waals surface area contributed by atoms with Gasteiger partial charge in [-0.05, 0) is 24.6 Å². The van der Waals surface area contributed by atoms with Crippen molar-refractivity contribution < 1.29 is 35.9 Å². The summed E-state index contributed by atoms with van der Waals surface area (Å²) in [5.74, 6) is -1.55. The highest BCUT2D eigenvalue weighted by Crippen LogP contribution is 2.39. The summed E-state index contributed by atoms with van der Waals surface area (Å²) in [5.41, 5.74) is -2.45. The van der Waals surface area contributed by atoms with Gasteiger partial charge in [0.25, 0.3) is 5.91 Å². The molecule has 174 valence electrons. The van der Waals surface area contributed by atoms with Crippen LogP contribution < -0.4 is 15.4 Å². The molecule has 1 saturated heterocycles. The van der Waals surface area contributed by atoms with Crippen LogP contribution in [0.25, 0.3) is 10.9 Å². The second kappa shape index (κ2) is 10.4. The first-order chi connectivity index (χ1) is 13.5. The third-order valence-corrected chi connectivity index (χ3v) is 4.59. The van der Waals surface area contributed by atoms with Crippen LogP contribution in [0.3, 0.4) is 0 Å². The predicted molar refractivity (Wildman–Crippen MR) is 105 cm³/mol. The molecular formula is C19H22ClF6N3O2. The zero-order chi connectivity index (χ0) is 21.3. The average molecular weight is 474 g/mol. The molecule has 1 amide bonds. The smallest absolute Gasteiger partial charge is 0.418 e. The molecule has 2 aromatic rings. The number of carbonyl (C=O) groups excluding carboxylic acids is 1. The molecule has 1 aliphatic heterocycles. The van der Waals surface area contributed by atoms with Gasteiger partial charge in [-0.15, -0.1) is 0 Å². The molecule has 2 heterocycles. The minimum absolute atomic E-state index is 0. The summed E-state index contributed by atoms with van der Waals surface area (Å²) in [6, 6.07) is 1.96. The lowest BCUT2D eigenvalue weighted by Crippen LogP contribution is -2.37. The van der Waals surface area contributed by atoms with Crippen molar-refractivity contribution in [3.63, 3.8) is 0 Å². The van der Waals surface area contributed by atoms with E-state index in [0.717, 1.165) is 12.1 Å². The molecule has 2 atom stereocenters. The second-order valence-electron chi connectivity index (χ2n) is 6.38. The van der Waals surface area contributed by atoms with Crippen molar-refractivity contribution in [3.8, 4) is 5.75 Å². The lowest BCUT2D eigenvalue weighted by atomic mass is 10.1. The lowest BCUT2D eigenvalue weighted by molar-refractivity contribution is -0.136. The maximum absolute atomic E-state index is 13.4. The first kappa shape index (κ1) is 26.8. The van der Waals surface area contributed by atoms with E-state index in [0.29, 0.717) is 6.07 Å². The van der Waals surface area contributed by atoms with Crippen molar-refractivity contribution in [3.05, 3.63) is 34.5 Å². The van der Waals surface area contributed by atoms with Gasteiger partial charge in [-0.3, -0.25) is 4.79 Å². The minimum atomic E-state index is -4.96. The molecule has 0 bridgehead atoms. The highest BCUT2D eigenvalue weighted by molar-refractivity contribution is 6.35. The fourth-order valence-corrected chi connectivity index (χ4v) is 3.24. The summed E-state index contributed by atoms with van der Waals surface area (Å²) >= 11 is 5.99. The van der Waals surface area contributed by atoms with Crippen molar-refractivity contribution in [1.29, 1.82) is 0 Å². The van der Waals surface area contributed by atoms with Gasteiger partial charge in [-0.25, -0.2) is 9.37 Å². The topological polar surface area (TPSA) is 63.2 Å². The Hall–Kier alpha value is -2.27. The number of alkyl halides is 6. The highest BCUT2D eigenvalue weighted by Gasteiger charge is 2.35. The number of aromatic nitrogens is 1. The summed E-state index contributed by atoms with van der Waals surface area (Å²) in [4.78, 5) is 16.0. The van der Waals surface area contributed by atoms with Gasteiger partial charge in [0.15, 0.2) is 0 Å². The van der Waals surface area contributed by atoms with Crippen LogP contribution in [0.1, 0.15) is 37.3 Å². The number of fused-ring (bicyclic) bond motifs is 1. The normalized spacial score (nSPS) is 18.5. The Labute approximate surface area is 180 Å². The molecule has 0 aliphatic carbocycles. The van der Waals surface area contributed by atoms with Gasteiger partial charge < -0.3 is 15.4 Å². The van der Waals surface area contributed by atoms with E-state index in [1.165, 1.54) is 0 Å². The number of nitrogens with zero attached hydrogens (tertiary/aromatic N) is 1. The maximum atomic E-state index is 13.4. The lowest BCUT2D eigenvalue weighted by Gasteiger charge is -2.15. The molecule has 1 aromatic carbocycles. The summed E-state index contributed by atoms with van der Waals surface area (Å²) in [6.07, 6.45) is -5.81. The molecule has 12 heteroatoms. The number of ether oxygens (including phenoxy) is 1. The van der Waals surface area contributed by atoms with Crippen molar-refractivity contribution in [2.75, 3.05) is 13.1 Å². The molecule has 0 saturated carbocycles. The van der Waals surface area contributed by atoms with Crippen LogP contribution in [0.2, 0.25) is 5.02 Å². The van der Waals surface area contributed by atoms with Gasteiger partial charge in [-0.1, -0.05) is 26.5 Å². The van der Waals surface area contributed by atoms with Gasteiger partial charge >= 0.3 is 12.8 Å². The Morgan fingerprint density at radius 3 is 2.52 bits per heavy atom. The monoisotopic (exact) mass is 473 g/mol. The largest absolute Gasteiger partial charge is 0.435 e. The number of carbonyl (C=O) groups is 1. The zero-order valence-electron chi connectivity index (χ0n) is 14.5. The highest BCUT2D eigenvalue weighted by atomic mass is 35.5. The molecular weight excluding hydrogens is 452 g/mol. The average Bonchev–Trinajstić information content (AvgIpc) is 3.03. The number of hydrogen-bond acceptors (Lipinski definition) is 4. The number of amides is 1. The first-order valence-electron chi connectivity index (χ1n) is 8.36. The third kappa shape index (κ3) is 6.36. The first-order valence-corrected chi connectivity index (χ1v) is 8.74. The number of nitrogens with one attached hydrogen (secondary N) is 2. The quantitative estimate of drug-likeness (QED) is 0.585. The molecule has 31 heavy (non-hydrogen) atoms. The van der Waals surface area contributed by atoms with Gasteiger partial charge in [-0.2, -0.15) is 22.0 Å². The van der Waals surface area contributed by atoms with E-state index in [9.17, 15) is 31.1 Å². The molecule has 1 fully saturated rings. The van der Waals surface area contributed by atoms with E-state index in [1.54, 1.807) is 0 Å². The van der Waals surface area contributed by atoms with E-state index >= 15 is 0 Å². The van der Waals surface area contributed by atoms with Crippen molar-refractivity contribution in [2.24, 2.45) is 0 Å². The number of hydrogen-bond donors (Lipinski definition) is 2. The van der Waals surface area contributed by atoms with Crippen LogP contribution in [0, 0.1) is 0 Å². The van der Waals surface area contributed by atoms with Gasteiger partial charge in [0.05, 0.1) is 16.1 Å². The predicted octanol–water partition coefficient (Wildman–Crippen LogP) is 5.21. The van der Waals surface area contributed by atoms with E-state index in [4.69, 9.17) is 11.6 Å². The molecule has 5 nitrogen and oxygen atoms in total. The fourth-order valence-electron chi connectivity index (χ4n) is 3.00. The maximum Gasteiger partial charge on any atom is 0.418 e. The summed E-state index contributed by atoms with van der Waals surface area (Å²) in [6.45, 7) is -3.14. The van der Waals surface area contributed by atoms with E-state index in [1.807, 2.05) is 0 Å². The zero-order valence-corrected chi connectivity index (χ0v) is 15.3. The molecule has 2 N–H and O–H groups in total. The summed E-state index contributed by atoms with van der Waals surface area (Å²) < 4.78 is 82.3. The minimum Gasteiger partial charge on any atom is -0.435 e. The van der Waals surface area contributed by atoms with Crippen molar-refractivity contribution in [2.45, 2.75) is 46.3 Å². The van der Waals surface area contributed by atoms with Crippen LogP contribution in [0.4, 0.5) is 26.3 Å². The van der Waals surface area contributed by atoms with Gasteiger partial charge in [0.2, 0.25) is 0 Å². The standard InChI is InChI=1S/C17H14ClF6N3O2.2CH4/c18-12-4-13(15(28)26-6-8-1-7(19)5-25-8)27-14-10(12)2-9(29-16(20)21)3-11(14)17(22,23)24;;/h2-4,7-8,16,25H,1,5-6H2,(H,26,28);2*1H4/t7-,8+;;/m1../s1. The third-order valence-electron chi connectivity index (χ3n) is 4.28. The molecule has 0 spiro atoms. The molecule has 1 aromatic heterocycles. The molecule has 0 radical (unpaired) electrons. The van der Waals surface area contributed by atoms with Crippen LogP contribution in [-0.4, -0.2) is 42.8 Å². The van der Waals surface area contributed by atoms with Gasteiger partial charge in [0, 0.05) is 24.5 Å². The Bertz CT molecular complexity index is 926. The Morgan fingerprint density at radius 2 is 1.97 bits per heavy atom. The summed E-state index contributed by atoms with van der Waals surface area (Å²) in [5, 5.41) is 4.70. The molecule has 0 unspecified atom stereocenters. The number of pyridine rings is 1. The van der Waals surface area contributed by atoms with E-state index in [2.05, 4.69) is 20.4 Å². The SMILES string of the molecule is C.C.O=C(NC[C@@H]1C[C@@H](F)CN1)c1cc(Cl)c2cc(OC(F)F)cc(C(F)(F)F)c2n1. The molecule has 3 rings (SSSR count). The van der Waals surface area contributed by atoms with Crippen LogP contribution >= 0.6 is 11.6 Å².